The molecule has 4 fully saturated rings. The topological polar surface area (TPSA) is 152 Å². The molecular formula is C32H55N3O6+2. The van der Waals surface area contributed by atoms with E-state index in [-0.39, 0.29) is 43.3 Å². The summed E-state index contributed by atoms with van der Waals surface area (Å²) >= 11 is 0. The van der Waals surface area contributed by atoms with Crippen LogP contribution >= 0.6 is 0 Å². The van der Waals surface area contributed by atoms with Gasteiger partial charge in [-0.25, -0.2) is 4.79 Å². The van der Waals surface area contributed by atoms with E-state index in [0.717, 1.165) is 83.0 Å². The summed E-state index contributed by atoms with van der Waals surface area (Å²) in [4.78, 5) is 42.0. The number of unbranched alkanes of at least 4 members (excludes halogenated alkanes) is 1. The summed E-state index contributed by atoms with van der Waals surface area (Å²) in [5, 5.41) is 14.8. The van der Waals surface area contributed by atoms with Crippen molar-refractivity contribution in [3.8, 4) is 0 Å². The molecule has 0 amide bonds. The molecule has 0 aromatic heterocycles. The number of piperidine rings is 1. The number of ketones is 2. The second-order valence-electron chi connectivity index (χ2n) is 13.2. The number of carbonyl (C=O) groups excluding carboxylic acids is 3. The summed E-state index contributed by atoms with van der Waals surface area (Å²) in [7, 11) is 0. The molecule has 4 rings (SSSR count). The lowest BCUT2D eigenvalue weighted by atomic mass is 9.60. The SMILES string of the molecule is CCCCC(C[NH2+]CC)COC(=O)C12OC1(CC(CO)=C(C)CCC1CC[NH2+]C(N)C1)C(=O)C1CCCCC1C2=O. The van der Waals surface area contributed by atoms with Crippen molar-refractivity contribution in [1.82, 2.24) is 0 Å². The molecule has 232 valence electrons. The molecule has 9 heteroatoms. The number of Topliss-reactive ketones (excluding diaryl/α,β-unsaturated/α-hetero) is 2. The lowest BCUT2D eigenvalue weighted by Gasteiger charge is -2.37. The highest BCUT2D eigenvalue weighted by Gasteiger charge is 2.87. The van der Waals surface area contributed by atoms with Crippen LogP contribution in [-0.2, 0) is 23.9 Å². The van der Waals surface area contributed by atoms with Crippen molar-refractivity contribution >= 4 is 17.5 Å². The van der Waals surface area contributed by atoms with Crippen LogP contribution in [0.5, 0.6) is 0 Å². The largest absolute Gasteiger partial charge is 0.463 e. The zero-order chi connectivity index (χ0) is 29.6. The minimum Gasteiger partial charge on any atom is -0.463 e. The van der Waals surface area contributed by atoms with Crippen molar-refractivity contribution in [3.05, 3.63) is 11.1 Å². The maximum Gasteiger partial charge on any atom is 0.350 e. The highest BCUT2D eigenvalue weighted by atomic mass is 16.7. The molecule has 7 N–H and O–H groups in total. The van der Waals surface area contributed by atoms with Gasteiger partial charge in [-0.1, -0.05) is 38.2 Å². The van der Waals surface area contributed by atoms with E-state index >= 15 is 0 Å². The Morgan fingerprint density at radius 1 is 1.20 bits per heavy atom. The van der Waals surface area contributed by atoms with Crippen LogP contribution in [-0.4, -0.2) is 72.9 Å². The molecular weight excluding hydrogens is 522 g/mol. The number of aliphatic hydroxyl groups is 1. The van der Waals surface area contributed by atoms with Gasteiger partial charge in [-0.3, -0.25) is 15.3 Å². The predicted molar refractivity (Wildman–Crippen MR) is 154 cm³/mol. The fraction of sp³-hybridized carbons (Fsp3) is 0.844. The van der Waals surface area contributed by atoms with Gasteiger partial charge < -0.3 is 25.2 Å². The number of quaternary nitrogens is 2. The normalized spacial score (nSPS) is 34.4. The summed E-state index contributed by atoms with van der Waals surface area (Å²) in [6, 6.07) is 0. The number of ether oxygens (including phenoxy) is 2. The number of aliphatic hydroxyl groups excluding tert-OH is 1. The van der Waals surface area contributed by atoms with Gasteiger partial charge >= 0.3 is 5.97 Å². The van der Waals surface area contributed by atoms with Crippen molar-refractivity contribution in [1.29, 1.82) is 0 Å². The van der Waals surface area contributed by atoms with E-state index in [1.807, 2.05) is 6.92 Å². The molecule has 7 atom stereocenters. The number of hydrogen-bond acceptors (Lipinski definition) is 7. The molecule has 2 aliphatic carbocycles. The van der Waals surface area contributed by atoms with Gasteiger partial charge in [-0.15, -0.1) is 0 Å². The van der Waals surface area contributed by atoms with E-state index in [0.29, 0.717) is 24.3 Å². The zero-order valence-corrected chi connectivity index (χ0v) is 25.6. The minimum atomic E-state index is -1.88. The van der Waals surface area contributed by atoms with E-state index in [4.69, 9.17) is 15.2 Å². The van der Waals surface area contributed by atoms with Crippen molar-refractivity contribution in [3.63, 3.8) is 0 Å². The van der Waals surface area contributed by atoms with E-state index in [1.165, 1.54) is 0 Å². The Kier molecular flexibility index (Phi) is 11.2. The van der Waals surface area contributed by atoms with E-state index in [2.05, 4.69) is 24.5 Å². The monoisotopic (exact) mass is 577 g/mol. The van der Waals surface area contributed by atoms with E-state index in [9.17, 15) is 19.5 Å². The number of esters is 1. The van der Waals surface area contributed by atoms with Gasteiger partial charge in [0.1, 0.15) is 6.17 Å². The van der Waals surface area contributed by atoms with Gasteiger partial charge in [0.05, 0.1) is 32.8 Å². The number of rotatable bonds is 15. The lowest BCUT2D eigenvalue weighted by molar-refractivity contribution is -0.699. The average molecular weight is 578 g/mol. The molecule has 0 spiro atoms. The smallest absolute Gasteiger partial charge is 0.350 e. The number of fused-ring (bicyclic) bond motifs is 2. The Morgan fingerprint density at radius 3 is 2.59 bits per heavy atom. The molecule has 2 saturated heterocycles. The third kappa shape index (κ3) is 6.64. The molecule has 0 aromatic carbocycles. The van der Waals surface area contributed by atoms with E-state index < -0.39 is 29.0 Å². The van der Waals surface area contributed by atoms with Gasteiger partial charge in [-0.05, 0) is 63.9 Å². The molecule has 9 nitrogen and oxygen atoms in total. The molecule has 2 heterocycles. The van der Waals surface area contributed by atoms with Crippen LogP contribution in [0.4, 0.5) is 0 Å². The molecule has 2 saturated carbocycles. The first-order chi connectivity index (χ1) is 19.7. The lowest BCUT2D eigenvalue weighted by Crippen LogP contribution is -2.94. The molecule has 0 aromatic rings. The maximum atomic E-state index is 14.1. The Balaban J connectivity index is 1.54. The fourth-order valence-corrected chi connectivity index (χ4v) is 7.69. The number of carbonyl (C=O) groups is 3. The molecule has 0 bridgehead atoms. The summed E-state index contributed by atoms with van der Waals surface area (Å²) < 4.78 is 12.0. The van der Waals surface area contributed by atoms with Crippen LogP contribution in [0.25, 0.3) is 0 Å². The first-order valence-corrected chi connectivity index (χ1v) is 16.4. The number of nitrogens with two attached hydrogens (primary N) is 3. The first kappa shape index (κ1) is 32.3. The summed E-state index contributed by atoms with van der Waals surface area (Å²) in [6.45, 7) is 9.03. The Hall–Kier alpha value is -1.65. The maximum absolute atomic E-state index is 14.1. The Bertz CT molecular complexity index is 976. The van der Waals surface area contributed by atoms with Crippen molar-refractivity contribution in [2.75, 3.05) is 32.8 Å². The minimum absolute atomic E-state index is 0.0685. The second kappa shape index (κ2) is 14.2. The number of hydrogen-bond donors (Lipinski definition) is 4. The van der Waals surface area contributed by atoms with E-state index in [1.54, 1.807) is 0 Å². The molecule has 41 heavy (non-hydrogen) atoms. The van der Waals surface area contributed by atoms with Gasteiger partial charge in [0, 0.05) is 30.6 Å². The van der Waals surface area contributed by atoms with Crippen LogP contribution in [0.3, 0.4) is 0 Å². The molecule has 2 aliphatic heterocycles. The van der Waals surface area contributed by atoms with Crippen LogP contribution in [0.2, 0.25) is 0 Å². The summed E-state index contributed by atoms with van der Waals surface area (Å²) in [5.74, 6) is -1.33. The van der Waals surface area contributed by atoms with Crippen molar-refractivity contribution in [2.45, 2.75) is 115 Å². The van der Waals surface area contributed by atoms with Crippen molar-refractivity contribution in [2.24, 2.45) is 29.4 Å². The Labute approximate surface area is 245 Å². The Morgan fingerprint density at radius 2 is 1.93 bits per heavy atom. The number of allylic oxidation sites excluding steroid dienone is 1. The molecule has 4 aliphatic rings. The summed E-state index contributed by atoms with van der Waals surface area (Å²) in [5.41, 5.74) is 4.40. The van der Waals surface area contributed by atoms with Gasteiger partial charge in [0.2, 0.25) is 0 Å². The van der Waals surface area contributed by atoms with Crippen LogP contribution < -0.4 is 16.4 Å². The fourth-order valence-electron chi connectivity index (χ4n) is 7.69. The summed E-state index contributed by atoms with van der Waals surface area (Å²) in [6.07, 6.45) is 10.1. The molecule has 7 unspecified atom stereocenters. The molecule has 0 radical (unpaired) electrons. The highest BCUT2D eigenvalue weighted by Crippen LogP contribution is 2.62. The third-order valence-corrected chi connectivity index (χ3v) is 10.4. The van der Waals surface area contributed by atoms with Gasteiger partial charge in [-0.2, -0.15) is 0 Å². The predicted octanol–water partition coefficient (Wildman–Crippen LogP) is 1.12. The second-order valence-corrected chi connectivity index (χ2v) is 13.2. The highest BCUT2D eigenvalue weighted by molar-refractivity contribution is 6.23. The number of epoxide rings is 1. The van der Waals surface area contributed by atoms with Crippen LogP contribution in [0.15, 0.2) is 11.1 Å². The van der Waals surface area contributed by atoms with Gasteiger partial charge in [0.15, 0.2) is 17.2 Å². The third-order valence-electron chi connectivity index (χ3n) is 10.4. The zero-order valence-electron chi connectivity index (χ0n) is 25.6. The average Bonchev–Trinajstić information content (AvgIpc) is 3.68. The first-order valence-electron chi connectivity index (χ1n) is 16.4. The van der Waals surface area contributed by atoms with Crippen LogP contribution in [0.1, 0.15) is 97.8 Å². The van der Waals surface area contributed by atoms with Crippen molar-refractivity contribution < 1.29 is 39.6 Å². The quantitative estimate of drug-likeness (QED) is 0.0985. The van der Waals surface area contributed by atoms with Crippen LogP contribution in [0, 0.1) is 23.7 Å². The van der Waals surface area contributed by atoms with Gasteiger partial charge in [0.25, 0.3) is 5.60 Å². The standard InChI is InChI=1S/C32H53N3O6/c1-4-6-9-23(18-34-5-2)20-40-30(39)32-29(38)26-11-8-7-10-25(26)28(37)31(32,41-32)17-24(19-36)21(3)12-13-22-14-15-35-27(33)16-22/h22-23,25-27,34-36H,4-20,33H2,1-3H3/p+2.